The summed E-state index contributed by atoms with van der Waals surface area (Å²) in [5.41, 5.74) is 6.36. The summed E-state index contributed by atoms with van der Waals surface area (Å²) >= 11 is 0. The molecule has 3 unspecified atom stereocenters. The van der Waals surface area contributed by atoms with Gasteiger partial charge >= 0.3 is 23.7 Å². The molecule has 8 aromatic carbocycles. The van der Waals surface area contributed by atoms with Gasteiger partial charge in [-0.3, -0.25) is 13.7 Å². The van der Waals surface area contributed by atoms with Gasteiger partial charge in [-0.2, -0.15) is 19.0 Å². The summed E-state index contributed by atoms with van der Waals surface area (Å²) < 4.78 is 167. The Kier molecular flexibility index (Phi) is 21.2. The molecule has 105 heavy (non-hydrogen) atoms. The number of ether oxygens (including phenoxy) is 7. The fraction of sp³-hybridized carbons (Fsp3) is 0.267. The third-order valence-electron chi connectivity index (χ3n) is 17.8. The number of methoxy groups -OCH3 is 2. The molecule has 0 aliphatic heterocycles. The highest BCUT2D eigenvalue weighted by atomic mass is 32.2. The quantitative estimate of drug-likeness (QED) is 0.0377. The Labute approximate surface area is 600 Å². The average molecular weight is 1500 g/mol. The number of fused-ring (bicyclic) bond motifs is 3. The number of nitrogens with zero attached hydrogens (tertiary/aromatic N) is 5. The number of nitrogens with one attached hydrogen (secondary N) is 3. The monoisotopic (exact) mass is 1490 g/mol. The number of aromatic nitrogens is 8. The molecule has 3 atom stereocenters. The average Bonchev–Trinajstić information content (AvgIpc) is 1.64. The van der Waals surface area contributed by atoms with Crippen molar-refractivity contribution >= 4 is 62.6 Å². The van der Waals surface area contributed by atoms with Crippen LogP contribution in [0.4, 0.5) is 13.2 Å². The van der Waals surface area contributed by atoms with Crippen molar-refractivity contribution in [3.05, 3.63) is 229 Å². The molecule has 0 saturated heterocycles. The first-order valence-corrected chi connectivity index (χ1v) is 39.2. The number of rotatable bonds is 30. The van der Waals surface area contributed by atoms with Crippen LogP contribution >= 0.6 is 0 Å². The second-order valence-corrected chi connectivity index (χ2v) is 31.8. The minimum absolute atomic E-state index is 0.0614. The number of aromatic amines is 3. The highest BCUT2D eigenvalue weighted by molar-refractivity contribution is 7.91. The van der Waals surface area contributed by atoms with Crippen LogP contribution in [0.3, 0.4) is 0 Å². The summed E-state index contributed by atoms with van der Waals surface area (Å²) in [4.78, 5) is 50.5. The predicted molar refractivity (Wildman–Crippen MR) is 393 cm³/mol. The van der Waals surface area contributed by atoms with Gasteiger partial charge in [0, 0.05) is 53.6 Å². The molecule has 3 N–H and O–H groups in total. The lowest BCUT2D eigenvalue weighted by Gasteiger charge is -2.21. The van der Waals surface area contributed by atoms with E-state index in [0.29, 0.717) is 85.9 Å². The summed E-state index contributed by atoms with van der Waals surface area (Å²) in [7, 11) is -8.40. The summed E-state index contributed by atoms with van der Waals surface area (Å²) in [6.45, 7) is 2.33. The first-order chi connectivity index (χ1) is 50.1. The molecule has 0 fully saturated rings. The number of aryl methyl sites for hydroxylation is 1. The van der Waals surface area contributed by atoms with E-state index >= 15 is 4.39 Å². The zero-order valence-electron chi connectivity index (χ0n) is 58.1. The van der Waals surface area contributed by atoms with Gasteiger partial charge in [-0.1, -0.05) is 66.7 Å². The van der Waals surface area contributed by atoms with Gasteiger partial charge in [-0.15, -0.1) is 0 Å². The zero-order chi connectivity index (χ0) is 74.8. The van der Waals surface area contributed by atoms with Gasteiger partial charge in [0.15, 0.2) is 34.5 Å². The molecule has 30 heteroatoms. The fourth-order valence-electron chi connectivity index (χ4n) is 13.1. The molecular formula is C75H73F3N8O16S3. The fourth-order valence-corrected chi connectivity index (χ4v) is 15.9. The predicted octanol–water partition coefficient (Wildman–Crippen LogP) is 11.4. The van der Waals surface area contributed by atoms with E-state index in [2.05, 4.69) is 29.9 Å². The van der Waals surface area contributed by atoms with Crippen LogP contribution in [0.2, 0.25) is 0 Å². The van der Waals surface area contributed by atoms with Gasteiger partial charge in [0.25, 0.3) is 0 Å². The molecular weight excluding hydrogens is 1420 g/mol. The molecule has 12 rings (SSSR count). The van der Waals surface area contributed by atoms with Gasteiger partial charge in [-0.25, -0.2) is 44.0 Å². The van der Waals surface area contributed by atoms with Gasteiger partial charge in [0.2, 0.25) is 0 Å². The zero-order valence-corrected chi connectivity index (χ0v) is 60.6. The van der Waals surface area contributed by atoms with E-state index in [1.54, 1.807) is 85.9 Å². The Bertz CT molecular complexity index is 5850. The number of imidazole rings is 3. The van der Waals surface area contributed by atoms with Gasteiger partial charge < -0.3 is 48.1 Å². The third kappa shape index (κ3) is 16.3. The van der Waals surface area contributed by atoms with Crippen molar-refractivity contribution in [2.45, 2.75) is 58.5 Å². The minimum Gasteiger partial charge on any atom is -0.493 e. The van der Waals surface area contributed by atoms with Gasteiger partial charge in [-0.05, 0) is 145 Å². The normalized spacial score (nSPS) is 13.0. The van der Waals surface area contributed by atoms with Crippen LogP contribution in [0.1, 0.15) is 65.4 Å². The van der Waals surface area contributed by atoms with Crippen LogP contribution in [0.15, 0.2) is 172 Å². The highest BCUT2D eigenvalue weighted by Gasteiger charge is 2.30. The molecule has 0 saturated carbocycles. The summed E-state index contributed by atoms with van der Waals surface area (Å²) in [5, 5.41) is 8.29. The van der Waals surface area contributed by atoms with E-state index in [4.69, 9.17) is 28.4 Å². The van der Waals surface area contributed by atoms with Crippen molar-refractivity contribution in [2.75, 3.05) is 70.1 Å². The minimum atomic E-state index is -3.82. The summed E-state index contributed by atoms with van der Waals surface area (Å²) in [5.74, 6) is -1.05. The Balaban J connectivity index is 0.775. The lowest BCUT2D eigenvalue weighted by atomic mass is 10.0. The Morgan fingerprint density at radius 1 is 0.486 bits per heavy atom. The molecule has 4 heterocycles. The molecule has 24 nitrogen and oxygen atoms in total. The third-order valence-corrected chi connectivity index (χ3v) is 20.5. The number of hydrogen-bond donors (Lipinski definition) is 3. The smallest absolute Gasteiger partial charge is 0.387 e. The number of alkyl halides is 2. The van der Waals surface area contributed by atoms with Crippen molar-refractivity contribution in [3.8, 4) is 73.8 Å². The Morgan fingerprint density at radius 2 is 0.943 bits per heavy atom. The van der Waals surface area contributed by atoms with Crippen molar-refractivity contribution in [1.82, 2.24) is 38.9 Å². The number of benzene rings is 8. The van der Waals surface area contributed by atoms with Crippen LogP contribution < -0.4 is 50.2 Å². The topological polar surface area (TPSA) is 306 Å². The van der Waals surface area contributed by atoms with Crippen LogP contribution in [-0.2, 0) is 42.5 Å². The Hall–Kier alpha value is -11.1. The van der Waals surface area contributed by atoms with Crippen LogP contribution in [0.25, 0.3) is 66.6 Å². The van der Waals surface area contributed by atoms with Gasteiger partial charge in [0.05, 0.1) is 108 Å². The van der Waals surface area contributed by atoms with Crippen LogP contribution in [-0.4, -0.2) is 141 Å². The van der Waals surface area contributed by atoms with E-state index in [1.807, 2.05) is 44.2 Å². The lowest BCUT2D eigenvalue weighted by molar-refractivity contribution is -0.0514. The summed E-state index contributed by atoms with van der Waals surface area (Å²) in [6, 6.07) is 37.7. The second kappa shape index (κ2) is 30.3. The first-order valence-electron chi connectivity index (χ1n) is 33.0. The van der Waals surface area contributed by atoms with Crippen molar-refractivity contribution in [3.63, 3.8) is 0 Å². The number of H-pyrrole nitrogens is 3. The standard InChI is InChI=1S/C75H73F3N8O16S3/c1-9-98-66-32-44(29-31-100-67-36-47(18-25-63(67)96-4)60(40-103(6,90)91)86-59-24-17-50(35-56(59)82-75(86)89)71-43(3)28-30-79-83-71)14-21-52(66)45-15-22-57-54(33-45)80-73(87)84(57)61(41-104(7,92)93)48-19-26-64(97-5)68(37-48)101-39-51-12-11-13-53(70(51)76)46-16-23-58-55(34-46)81-74(88)85(58)62(42-105(8,94)95)49-20-27-65(102-72(77)78)69(38-49)99-10-2/h11-28,30,32-38,60-62,72H,9-10,29,31,39-42H2,1-8H3,(H,80,87)(H,81,88)(H,82,89). The van der Waals surface area contributed by atoms with Crippen LogP contribution in [0, 0.1) is 12.7 Å². The highest BCUT2D eigenvalue weighted by Crippen LogP contribution is 2.40. The maximum absolute atomic E-state index is 16.9. The molecule has 12 aromatic rings. The van der Waals surface area contributed by atoms with Gasteiger partial charge in [0.1, 0.15) is 47.7 Å². The van der Waals surface area contributed by atoms with E-state index in [1.165, 1.54) is 76.5 Å². The SMILES string of the molecule is CCOc1cc(C(CS(C)(=O)=O)n2c(=O)[nH]c3cc(-c4cccc(COc5cc(C(CS(C)(=O)=O)n6c(=O)[nH]c7cc(-c8ccc(CCOc9cc(C(CS(C)(=O)=O)n%10c(=O)[nH]c%11cc(-c%12nnccc%12C)ccc%11%10)ccc9OC)cc8OCC)ccc76)ccc5OC)c4F)ccc32)ccc1OC(F)F. The molecule has 0 aliphatic rings. The maximum atomic E-state index is 16.9. The molecule has 0 spiro atoms. The largest absolute Gasteiger partial charge is 0.493 e. The molecule has 0 radical (unpaired) electrons. The van der Waals surface area contributed by atoms with E-state index in [0.717, 1.165) is 35.5 Å². The number of hydrogen-bond acceptors (Lipinski definition) is 18. The lowest BCUT2D eigenvalue weighted by Crippen LogP contribution is -2.28. The van der Waals surface area contributed by atoms with E-state index < -0.39 is 94.4 Å². The molecule has 0 amide bonds. The second-order valence-electron chi connectivity index (χ2n) is 25.3. The summed E-state index contributed by atoms with van der Waals surface area (Å²) in [6.07, 6.45) is 5.13. The number of sulfone groups is 3. The van der Waals surface area contributed by atoms with E-state index in [9.17, 15) is 48.4 Å². The van der Waals surface area contributed by atoms with Crippen molar-refractivity contribution in [1.29, 1.82) is 0 Å². The van der Waals surface area contributed by atoms with Crippen LogP contribution in [0.5, 0.6) is 40.2 Å². The van der Waals surface area contributed by atoms with Crippen molar-refractivity contribution in [2.24, 2.45) is 0 Å². The Morgan fingerprint density at radius 3 is 1.42 bits per heavy atom. The molecule has 0 bridgehead atoms. The molecule has 548 valence electrons. The molecule has 4 aromatic heterocycles. The first kappa shape index (κ1) is 73.6. The maximum Gasteiger partial charge on any atom is 0.387 e. The van der Waals surface area contributed by atoms with E-state index in [-0.39, 0.29) is 70.5 Å². The molecule has 0 aliphatic carbocycles. The number of halogens is 3. The van der Waals surface area contributed by atoms with Crippen molar-refractivity contribution < 1.29 is 71.6 Å².